The van der Waals surface area contributed by atoms with Crippen molar-refractivity contribution in [2.75, 3.05) is 9.88 Å². The third-order valence-electron chi connectivity index (χ3n) is 7.36. The molecule has 2 aromatic carbocycles. The monoisotopic (exact) mass is 386 g/mol. The van der Waals surface area contributed by atoms with Crippen LogP contribution in [0.2, 0.25) is 18.6 Å². The highest BCUT2D eigenvalue weighted by Gasteiger charge is 2.51. The molecule has 0 radical (unpaired) electrons. The summed E-state index contributed by atoms with van der Waals surface area (Å²) < 4.78 is 2.75. The number of hydrogen-bond acceptors (Lipinski definition) is 2. The van der Waals surface area contributed by atoms with Crippen LogP contribution in [0.25, 0.3) is 0 Å². The van der Waals surface area contributed by atoms with Crippen LogP contribution in [0.1, 0.15) is 19.8 Å². The van der Waals surface area contributed by atoms with Crippen LogP contribution in [0.5, 0.6) is 0 Å². The summed E-state index contributed by atoms with van der Waals surface area (Å²) in [6.07, 6.45) is 12.2. The second-order valence-electron chi connectivity index (χ2n) is 9.08. The predicted molar refractivity (Wildman–Crippen MR) is 123 cm³/mol. The number of fused-ring (bicyclic) bond motifs is 3. The highest BCUT2D eigenvalue weighted by Crippen LogP contribution is 2.57. The molecule has 3 heteroatoms. The van der Waals surface area contributed by atoms with Crippen molar-refractivity contribution in [1.29, 1.82) is 0 Å². The molecule has 28 heavy (non-hydrogen) atoms. The van der Waals surface area contributed by atoms with Crippen LogP contribution in [0, 0.1) is 17.8 Å². The smallest absolute Gasteiger partial charge is 0.160 e. The largest absolute Gasteiger partial charge is 0.366 e. The first-order valence-electron chi connectivity index (χ1n) is 10.7. The fourth-order valence-corrected chi connectivity index (χ4v) is 10.1. The van der Waals surface area contributed by atoms with Crippen molar-refractivity contribution < 1.29 is 0 Å². The van der Waals surface area contributed by atoms with Gasteiger partial charge in [0.2, 0.25) is 0 Å². The number of nitrogens with one attached hydrogen (secondary N) is 1. The molecule has 0 saturated heterocycles. The number of rotatable bonds is 3. The molecule has 2 aromatic rings. The van der Waals surface area contributed by atoms with Crippen molar-refractivity contribution in [3.63, 3.8) is 0 Å². The molecule has 1 saturated carbocycles. The quantitative estimate of drug-likeness (QED) is 0.559. The Hall–Kier alpha value is -2.26. The van der Waals surface area contributed by atoms with Crippen molar-refractivity contribution in [1.82, 2.24) is 0 Å². The van der Waals surface area contributed by atoms with Crippen LogP contribution < -0.4 is 9.88 Å². The van der Waals surface area contributed by atoms with E-state index in [4.69, 9.17) is 0 Å². The molecule has 1 unspecified atom stereocenters. The van der Waals surface area contributed by atoms with Gasteiger partial charge in [-0.05, 0) is 54.0 Å². The third-order valence-corrected chi connectivity index (χ3v) is 11.4. The Bertz CT molecular complexity index is 900. The number of hydrogen-bond donors (Lipinski definition) is 1. The minimum Gasteiger partial charge on any atom is -0.366 e. The van der Waals surface area contributed by atoms with Gasteiger partial charge in [-0.2, -0.15) is 0 Å². The summed E-state index contributed by atoms with van der Waals surface area (Å²) >= 11 is 0. The van der Waals surface area contributed by atoms with Crippen LogP contribution in [0.4, 0.5) is 22.7 Å². The highest BCUT2D eigenvalue weighted by atomic mass is 28.3. The summed E-state index contributed by atoms with van der Waals surface area (Å²) in [6, 6.07) is 17.7. The predicted octanol–water partition coefficient (Wildman–Crippen LogP) is 7.25. The van der Waals surface area contributed by atoms with E-state index in [1.165, 1.54) is 35.6 Å². The van der Waals surface area contributed by atoms with Gasteiger partial charge in [-0.25, -0.2) is 0 Å². The minimum absolute atomic E-state index is 0.686. The lowest BCUT2D eigenvalue weighted by Gasteiger charge is -2.48. The van der Waals surface area contributed by atoms with Crippen LogP contribution in [0.15, 0.2) is 72.8 Å². The molecule has 1 fully saturated rings. The molecule has 1 N–H and O–H groups in total. The summed E-state index contributed by atoms with van der Waals surface area (Å²) in [7, 11) is -1.83. The fourth-order valence-electron chi connectivity index (χ4n) is 5.96. The maximum atomic E-state index is 3.66. The first kappa shape index (κ1) is 17.8. The van der Waals surface area contributed by atoms with Crippen LogP contribution in [0.3, 0.4) is 0 Å². The molecule has 1 heterocycles. The average Bonchev–Trinajstić information content (AvgIpc) is 3.11. The maximum Gasteiger partial charge on any atom is 0.160 e. The van der Waals surface area contributed by atoms with Crippen molar-refractivity contribution in [2.24, 2.45) is 17.8 Å². The van der Waals surface area contributed by atoms with Gasteiger partial charge in [-0.15, -0.1) is 0 Å². The number of allylic oxidation sites excluding steroid dienone is 4. The Morgan fingerprint density at radius 1 is 0.893 bits per heavy atom. The van der Waals surface area contributed by atoms with E-state index in [0.29, 0.717) is 5.92 Å². The van der Waals surface area contributed by atoms with E-state index >= 15 is 0 Å². The number of para-hydroxylation sites is 4. The molecule has 3 aliphatic rings. The lowest BCUT2D eigenvalue weighted by molar-refractivity contribution is 0.408. The van der Waals surface area contributed by atoms with Crippen molar-refractivity contribution in [2.45, 2.75) is 38.4 Å². The van der Waals surface area contributed by atoms with Crippen molar-refractivity contribution >= 4 is 31.0 Å². The van der Waals surface area contributed by atoms with E-state index in [9.17, 15) is 0 Å². The first-order valence-corrected chi connectivity index (χ1v) is 13.7. The van der Waals surface area contributed by atoms with Gasteiger partial charge >= 0.3 is 0 Å². The number of nitrogens with zero attached hydrogens (tertiary/aromatic N) is 1. The summed E-state index contributed by atoms with van der Waals surface area (Å²) in [5, 5.41) is 3.66. The molecular formula is C25H30N2Si. The van der Waals surface area contributed by atoms with Crippen molar-refractivity contribution in [3.8, 4) is 0 Å². The normalized spacial score (nSPS) is 27.8. The highest BCUT2D eigenvalue weighted by molar-refractivity contribution is 6.84. The number of benzene rings is 2. The molecule has 144 valence electrons. The molecule has 0 spiro atoms. The van der Waals surface area contributed by atoms with Crippen LogP contribution in [-0.2, 0) is 0 Å². The molecule has 1 aliphatic heterocycles. The summed E-state index contributed by atoms with van der Waals surface area (Å²) in [4.78, 5) is 0. The molecule has 2 nitrogen and oxygen atoms in total. The Kier molecular flexibility index (Phi) is 4.24. The molecule has 0 amide bonds. The van der Waals surface area contributed by atoms with Gasteiger partial charge in [0, 0.05) is 0 Å². The second-order valence-corrected chi connectivity index (χ2v) is 13.6. The fraction of sp³-hybridized carbons (Fsp3) is 0.360. The standard InChI is InChI=1S/C25H30N2Si/c1-4-18-17-25(20-12-6-5-11-19(18)20)28(2,3)27-23-15-9-7-13-21(23)26-22-14-8-10-16-24(22)27/h5-16,18-20,25-26H,4,17H2,1-3H3/t18-,19-,20-,25?/m0/s1. The summed E-state index contributed by atoms with van der Waals surface area (Å²) in [5.74, 6) is 2.22. The molecule has 0 bridgehead atoms. The summed E-state index contributed by atoms with van der Waals surface area (Å²) in [6.45, 7) is 7.57. The Labute approximate surface area is 170 Å². The Balaban J connectivity index is 1.62. The van der Waals surface area contributed by atoms with Gasteiger partial charge in [-0.1, -0.05) is 75.0 Å². The SMILES string of the molecule is CC[C@H]1CC([Si](C)(C)N2c3ccccc3Nc3ccccc32)[C@H]2C=CC=C[C@@H]12. The average molecular weight is 387 g/mol. The van der Waals surface area contributed by atoms with E-state index in [2.05, 4.69) is 103 Å². The lowest BCUT2D eigenvalue weighted by Crippen LogP contribution is -2.52. The third kappa shape index (κ3) is 2.60. The zero-order valence-electron chi connectivity index (χ0n) is 17.1. The van der Waals surface area contributed by atoms with E-state index in [1.807, 2.05) is 0 Å². The zero-order chi connectivity index (χ0) is 19.3. The summed E-state index contributed by atoms with van der Waals surface area (Å²) in [5.41, 5.74) is 5.93. The van der Waals surface area contributed by atoms with E-state index < -0.39 is 8.24 Å². The van der Waals surface area contributed by atoms with Gasteiger partial charge in [-0.3, -0.25) is 0 Å². The van der Waals surface area contributed by atoms with Crippen molar-refractivity contribution in [3.05, 3.63) is 72.8 Å². The molecule has 4 atom stereocenters. The zero-order valence-corrected chi connectivity index (χ0v) is 18.1. The topological polar surface area (TPSA) is 15.3 Å². The van der Waals surface area contributed by atoms with Crippen LogP contribution in [-0.4, -0.2) is 8.24 Å². The van der Waals surface area contributed by atoms with Gasteiger partial charge in [0.25, 0.3) is 0 Å². The van der Waals surface area contributed by atoms with E-state index in [0.717, 1.165) is 17.4 Å². The Morgan fingerprint density at radius 2 is 1.46 bits per heavy atom. The van der Waals surface area contributed by atoms with Crippen LogP contribution >= 0.6 is 0 Å². The lowest BCUT2D eigenvalue weighted by atomic mass is 9.85. The molecule has 2 aliphatic carbocycles. The molecular weight excluding hydrogens is 356 g/mol. The maximum absolute atomic E-state index is 3.66. The van der Waals surface area contributed by atoms with Gasteiger partial charge in [0.1, 0.15) is 0 Å². The number of anilines is 4. The molecule has 5 rings (SSSR count). The first-order chi connectivity index (χ1) is 13.6. The minimum atomic E-state index is -1.83. The Morgan fingerprint density at radius 3 is 2.07 bits per heavy atom. The van der Waals surface area contributed by atoms with Gasteiger partial charge in [0.05, 0.1) is 22.7 Å². The second kappa shape index (κ2) is 6.66. The van der Waals surface area contributed by atoms with Gasteiger partial charge < -0.3 is 9.88 Å². The van der Waals surface area contributed by atoms with E-state index in [1.54, 1.807) is 0 Å². The van der Waals surface area contributed by atoms with Gasteiger partial charge in [0.15, 0.2) is 8.24 Å². The van der Waals surface area contributed by atoms with E-state index in [-0.39, 0.29) is 0 Å². The molecule has 0 aromatic heterocycles.